The van der Waals surface area contributed by atoms with Gasteiger partial charge in [0.1, 0.15) is 0 Å². The lowest BCUT2D eigenvalue weighted by Gasteiger charge is -2.46. The zero-order valence-corrected chi connectivity index (χ0v) is 12.2. The molecule has 0 spiro atoms. The third kappa shape index (κ3) is 2.82. The van der Waals surface area contributed by atoms with Crippen molar-refractivity contribution in [3.05, 3.63) is 36.3 Å². The van der Waals surface area contributed by atoms with E-state index in [0.29, 0.717) is 24.5 Å². The fourth-order valence-electron chi connectivity index (χ4n) is 3.70. The van der Waals surface area contributed by atoms with E-state index in [2.05, 4.69) is 13.5 Å². The van der Waals surface area contributed by atoms with Crippen molar-refractivity contribution in [3.63, 3.8) is 0 Å². The Kier molecular flexibility index (Phi) is 4.69. The van der Waals surface area contributed by atoms with Crippen LogP contribution in [0.15, 0.2) is 36.3 Å². The van der Waals surface area contributed by atoms with E-state index in [9.17, 15) is 9.90 Å². The van der Waals surface area contributed by atoms with E-state index in [-0.39, 0.29) is 11.2 Å². The van der Waals surface area contributed by atoms with Crippen LogP contribution >= 0.6 is 0 Å². The van der Waals surface area contributed by atoms with Gasteiger partial charge in [-0.15, -0.1) is 0 Å². The molecule has 0 aliphatic heterocycles. The van der Waals surface area contributed by atoms with Crippen LogP contribution in [-0.4, -0.2) is 17.5 Å². The molecule has 1 saturated carbocycles. The SMILES string of the molecule is C=COCCC[C@H]1CCCC2=CC(=O)C(=CO)C[C@@]21C. The number of aliphatic hydroxyl groups excluding tert-OH is 1. The summed E-state index contributed by atoms with van der Waals surface area (Å²) in [6, 6.07) is 0. The van der Waals surface area contributed by atoms with Gasteiger partial charge in [-0.1, -0.05) is 19.1 Å². The van der Waals surface area contributed by atoms with Crippen LogP contribution in [0.2, 0.25) is 0 Å². The first-order valence-corrected chi connectivity index (χ1v) is 7.43. The predicted octanol–water partition coefficient (Wildman–Crippen LogP) is 4.07. The smallest absolute Gasteiger partial charge is 0.184 e. The van der Waals surface area contributed by atoms with Crippen molar-refractivity contribution < 1.29 is 14.6 Å². The maximum Gasteiger partial charge on any atom is 0.184 e. The number of rotatable bonds is 5. The standard InChI is InChI=1S/C17H24O3/c1-3-20-9-5-8-14-6-4-7-15-10-16(19)13(12-18)11-17(14,15)2/h3,10,12,14,18H,1,4-9,11H2,2H3/t14-,17-/m1/s1. The van der Waals surface area contributed by atoms with E-state index >= 15 is 0 Å². The molecular weight excluding hydrogens is 252 g/mol. The van der Waals surface area contributed by atoms with Crippen LogP contribution in [0.25, 0.3) is 0 Å². The number of allylic oxidation sites excluding steroid dienone is 3. The van der Waals surface area contributed by atoms with E-state index in [0.717, 1.165) is 31.9 Å². The van der Waals surface area contributed by atoms with Crippen molar-refractivity contribution >= 4 is 5.78 Å². The minimum atomic E-state index is -0.0179. The quantitative estimate of drug-likeness (QED) is 0.467. The third-order valence-electron chi connectivity index (χ3n) is 4.90. The Morgan fingerprint density at radius 2 is 2.40 bits per heavy atom. The van der Waals surface area contributed by atoms with Crippen molar-refractivity contribution in [1.29, 1.82) is 0 Å². The van der Waals surface area contributed by atoms with Crippen molar-refractivity contribution in [2.75, 3.05) is 6.61 Å². The Hall–Kier alpha value is -1.51. The summed E-state index contributed by atoms with van der Waals surface area (Å²) in [4.78, 5) is 11.9. The van der Waals surface area contributed by atoms with Gasteiger partial charge in [0.05, 0.1) is 19.1 Å². The number of carbonyl (C=O) groups is 1. The van der Waals surface area contributed by atoms with Crippen LogP contribution < -0.4 is 0 Å². The minimum absolute atomic E-state index is 0.0179. The molecular formula is C17H24O3. The molecule has 1 fully saturated rings. The molecule has 0 bridgehead atoms. The second-order valence-electron chi connectivity index (χ2n) is 6.05. The molecule has 2 atom stereocenters. The summed E-state index contributed by atoms with van der Waals surface area (Å²) in [6.07, 6.45) is 10.4. The number of carbonyl (C=O) groups excluding carboxylic acids is 1. The molecule has 0 aromatic heterocycles. The van der Waals surface area contributed by atoms with Crippen molar-refractivity contribution in [1.82, 2.24) is 0 Å². The second-order valence-corrected chi connectivity index (χ2v) is 6.05. The van der Waals surface area contributed by atoms with Gasteiger partial charge in [0.25, 0.3) is 0 Å². The Bertz CT molecular complexity index is 447. The van der Waals surface area contributed by atoms with Crippen LogP contribution in [0, 0.1) is 11.3 Å². The van der Waals surface area contributed by atoms with Gasteiger partial charge in [0.2, 0.25) is 0 Å². The molecule has 0 amide bonds. The van der Waals surface area contributed by atoms with Gasteiger partial charge < -0.3 is 9.84 Å². The molecule has 0 saturated heterocycles. The first-order valence-electron chi connectivity index (χ1n) is 7.43. The second kappa shape index (κ2) is 6.29. The number of hydrogen-bond acceptors (Lipinski definition) is 3. The zero-order valence-electron chi connectivity index (χ0n) is 12.2. The molecule has 2 rings (SSSR count). The summed E-state index contributed by atoms with van der Waals surface area (Å²) in [5.41, 5.74) is 1.84. The summed E-state index contributed by atoms with van der Waals surface area (Å²) in [6.45, 7) is 6.50. The maximum absolute atomic E-state index is 11.9. The fraction of sp³-hybridized carbons (Fsp3) is 0.588. The van der Waals surface area contributed by atoms with Gasteiger partial charge in [-0.3, -0.25) is 4.79 Å². The molecule has 3 nitrogen and oxygen atoms in total. The van der Waals surface area contributed by atoms with Crippen LogP contribution in [0.3, 0.4) is 0 Å². The lowest BCUT2D eigenvalue weighted by Crippen LogP contribution is -2.37. The van der Waals surface area contributed by atoms with Crippen LogP contribution in [0.5, 0.6) is 0 Å². The highest BCUT2D eigenvalue weighted by Gasteiger charge is 2.43. The van der Waals surface area contributed by atoms with Crippen molar-refractivity contribution in [2.45, 2.75) is 45.4 Å². The molecule has 0 aromatic carbocycles. The highest BCUT2D eigenvalue weighted by Crippen LogP contribution is 2.52. The Morgan fingerprint density at radius 3 is 3.10 bits per heavy atom. The van der Waals surface area contributed by atoms with Crippen LogP contribution in [-0.2, 0) is 9.53 Å². The molecule has 3 heteroatoms. The molecule has 0 radical (unpaired) electrons. The topological polar surface area (TPSA) is 46.5 Å². The number of hydrogen-bond donors (Lipinski definition) is 1. The minimum Gasteiger partial charge on any atom is -0.515 e. The fourth-order valence-corrected chi connectivity index (χ4v) is 3.70. The first-order chi connectivity index (χ1) is 9.61. The monoisotopic (exact) mass is 276 g/mol. The van der Waals surface area contributed by atoms with E-state index in [1.54, 1.807) is 6.08 Å². The van der Waals surface area contributed by atoms with E-state index < -0.39 is 0 Å². The summed E-state index contributed by atoms with van der Waals surface area (Å²) < 4.78 is 5.20. The van der Waals surface area contributed by atoms with Gasteiger partial charge in [-0.05, 0) is 55.9 Å². The molecule has 20 heavy (non-hydrogen) atoms. The summed E-state index contributed by atoms with van der Waals surface area (Å²) in [5.74, 6) is 0.537. The first kappa shape index (κ1) is 14.9. The molecule has 110 valence electrons. The van der Waals surface area contributed by atoms with E-state index in [4.69, 9.17) is 4.74 Å². The van der Waals surface area contributed by atoms with Crippen LogP contribution in [0.1, 0.15) is 45.4 Å². The highest BCUT2D eigenvalue weighted by molar-refractivity contribution is 6.05. The van der Waals surface area contributed by atoms with Gasteiger partial charge >= 0.3 is 0 Å². The average Bonchev–Trinajstić information content (AvgIpc) is 2.44. The average molecular weight is 276 g/mol. The van der Waals surface area contributed by atoms with Gasteiger partial charge in [0.15, 0.2) is 5.78 Å². The molecule has 1 N–H and O–H groups in total. The van der Waals surface area contributed by atoms with Crippen molar-refractivity contribution in [2.24, 2.45) is 11.3 Å². The summed E-state index contributed by atoms with van der Waals surface area (Å²) >= 11 is 0. The van der Waals surface area contributed by atoms with Gasteiger partial charge in [0, 0.05) is 5.57 Å². The van der Waals surface area contributed by atoms with E-state index in [1.807, 2.05) is 0 Å². The number of aliphatic hydroxyl groups is 1. The number of fused-ring (bicyclic) bond motifs is 1. The van der Waals surface area contributed by atoms with Gasteiger partial charge in [-0.25, -0.2) is 0 Å². The van der Waals surface area contributed by atoms with Crippen molar-refractivity contribution in [3.8, 4) is 0 Å². The molecule has 2 aliphatic rings. The van der Waals surface area contributed by atoms with Gasteiger partial charge in [-0.2, -0.15) is 0 Å². The summed E-state index contributed by atoms with van der Waals surface area (Å²) in [7, 11) is 0. The largest absolute Gasteiger partial charge is 0.515 e. The molecule has 0 aromatic rings. The Morgan fingerprint density at radius 1 is 1.60 bits per heavy atom. The number of ether oxygens (including phenoxy) is 1. The Labute approximate surface area is 121 Å². The third-order valence-corrected chi connectivity index (χ3v) is 4.90. The normalized spacial score (nSPS) is 31.6. The van der Waals surface area contributed by atoms with Crippen LogP contribution in [0.4, 0.5) is 0 Å². The van der Waals surface area contributed by atoms with E-state index in [1.165, 1.54) is 18.3 Å². The number of ketones is 1. The Balaban J connectivity index is 2.12. The highest BCUT2D eigenvalue weighted by atomic mass is 16.5. The molecule has 2 aliphatic carbocycles. The lowest BCUT2D eigenvalue weighted by molar-refractivity contribution is -0.112. The predicted molar refractivity (Wildman–Crippen MR) is 79.2 cm³/mol. The summed E-state index contributed by atoms with van der Waals surface area (Å²) in [5, 5.41) is 9.26. The maximum atomic E-state index is 11.9. The zero-order chi connectivity index (χ0) is 14.6. The molecule has 0 unspecified atom stereocenters. The molecule has 0 heterocycles. The lowest BCUT2D eigenvalue weighted by atomic mass is 9.58.